The molecule has 22 heavy (non-hydrogen) atoms. The fourth-order valence-electron chi connectivity index (χ4n) is 2.56. The van der Waals surface area contributed by atoms with Gasteiger partial charge in [-0.1, -0.05) is 22.0 Å². The first-order chi connectivity index (χ1) is 10.1. The third kappa shape index (κ3) is 2.97. The minimum Gasteiger partial charge on any atom is -0.468 e. The molecule has 1 aromatic rings. The minimum absolute atomic E-state index is 0.195. The number of amides is 1. The SMILES string of the molecule is COC(=O)C1(C)CN(C(=O)OC(C)(C)C)c2cc(Br)ccc21. The van der Waals surface area contributed by atoms with E-state index in [0.29, 0.717) is 5.69 Å². The predicted octanol–water partition coefficient (Wildman–Crippen LogP) is 3.63. The van der Waals surface area contributed by atoms with Crippen LogP contribution in [0.3, 0.4) is 0 Å². The molecule has 0 aliphatic carbocycles. The van der Waals surface area contributed by atoms with E-state index in [0.717, 1.165) is 10.0 Å². The summed E-state index contributed by atoms with van der Waals surface area (Å²) in [6.45, 7) is 7.39. The summed E-state index contributed by atoms with van der Waals surface area (Å²) in [5, 5.41) is 0. The van der Waals surface area contributed by atoms with Crippen LogP contribution in [0.15, 0.2) is 22.7 Å². The summed E-state index contributed by atoms with van der Waals surface area (Å²) < 4.78 is 11.2. The molecule has 1 atom stereocenters. The number of fused-ring (bicyclic) bond motifs is 1. The Morgan fingerprint density at radius 3 is 2.50 bits per heavy atom. The number of rotatable bonds is 1. The molecule has 120 valence electrons. The molecule has 6 heteroatoms. The summed E-state index contributed by atoms with van der Waals surface area (Å²) in [4.78, 5) is 26.2. The quantitative estimate of drug-likeness (QED) is 0.709. The number of ether oxygens (including phenoxy) is 2. The molecular formula is C16H20BrNO4. The van der Waals surface area contributed by atoms with E-state index in [1.54, 1.807) is 6.92 Å². The van der Waals surface area contributed by atoms with Crippen molar-refractivity contribution < 1.29 is 19.1 Å². The van der Waals surface area contributed by atoms with Gasteiger partial charge in [0.1, 0.15) is 11.0 Å². The van der Waals surface area contributed by atoms with Crippen LogP contribution in [0.5, 0.6) is 0 Å². The number of halogens is 1. The topological polar surface area (TPSA) is 55.8 Å². The average Bonchev–Trinajstić information content (AvgIpc) is 2.70. The second-order valence-electron chi connectivity index (χ2n) is 6.55. The van der Waals surface area contributed by atoms with Gasteiger partial charge in [-0.25, -0.2) is 4.79 Å². The standard InChI is InChI=1S/C16H20BrNO4/c1-15(2,3)22-14(20)18-9-16(4,13(19)21-5)11-7-6-10(17)8-12(11)18/h6-8H,9H2,1-5H3. The number of nitrogens with zero attached hydrogens (tertiary/aromatic N) is 1. The van der Waals surface area contributed by atoms with Crippen LogP contribution >= 0.6 is 15.9 Å². The van der Waals surface area contributed by atoms with Crippen molar-refractivity contribution in [1.82, 2.24) is 0 Å². The smallest absolute Gasteiger partial charge is 0.414 e. The largest absolute Gasteiger partial charge is 0.468 e. The number of hydrogen-bond acceptors (Lipinski definition) is 4. The van der Waals surface area contributed by atoms with Gasteiger partial charge in [0.25, 0.3) is 0 Å². The fourth-order valence-corrected chi connectivity index (χ4v) is 2.91. The van der Waals surface area contributed by atoms with E-state index in [2.05, 4.69) is 15.9 Å². The Morgan fingerprint density at radius 1 is 1.32 bits per heavy atom. The summed E-state index contributed by atoms with van der Waals surface area (Å²) in [5.41, 5.74) is -0.0835. The van der Waals surface area contributed by atoms with Crippen LogP contribution in [0.2, 0.25) is 0 Å². The van der Waals surface area contributed by atoms with Gasteiger partial charge in [0.05, 0.1) is 12.8 Å². The molecule has 1 aromatic carbocycles. The molecule has 0 fully saturated rings. The Morgan fingerprint density at radius 2 is 1.95 bits per heavy atom. The van der Waals surface area contributed by atoms with Gasteiger partial charge in [-0.05, 0) is 45.4 Å². The van der Waals surface area contributed by atoms with E-state index in [1.807, 2.05) is 39.0 Å². The van der Waals surface area contributed by atoms with Crippen LogP contribution < -0.4 is 4.90 Å². The van der Waals surface area contributed by atoms with Crippen molar-refractivity contribution in [3.05, 3.63) is 28.2 Å². The van der Waals surface area contributed by atoms with Gasteiger partial charge in [-0.3, -0.25) is 9.69 Å². The van der Waals surface area contributed by atoms with Gasteiger partial charge >= 0.3 is 12.1 Å². The highest BCUT2D eigenvalue weighted by molar-refractivity contribution is 9.10. The molecule has 0 N–H and O–H groups in total. The van der Waals surface area contributed by atoms with E-state index in [1.165, 1.54) is 12.0 Å². The lowest BCUT2D eigenvalue weighted by Gasteiger charge is -2.26. The Bertz CT molecular complexity index is 623. The van der Waals surface area contributed by atoms with Crippen molar-refractivity contribution in [2.24, 2.45) is 0 Å². The summed E-state index contributed by atoms with van der Waals surface area (Å²) in [6.07, 6.45) is -0.473. The van der Waals surface area contributed by atoms with Gasteiger partial charge in [0.15, 0.2) is 0 Å². The van der Waals surface area contributed by atoms with E-state index < -0.39 is 17.1 Å². The van der Waals surface area contributed by atoms with Crippen molar-refractivity contribution in [2.75, 3.05) is 18.6 Å². The molecule has 0 aromatic heterocycles. The lowest BCUT2D eigenvalue weighted by atomic mass is 9.85. The number of hydrogen-bond donors (Lipinski definition) is 0. The molecule has 0 radical (unpaired) electrons. The number of benzene rings is 1. The van der Waals surface area contributed by atoms with E-state index in [9.17, 15) is 9.59 Å². The van der Waals surface area contributed by atoms with Gasteiger partial charge in [-0.15, -0.1) is 0 Å². The summed E-state index contributed by atoms with van der Waals surface area (Å²) in [6, 6.07) is 5.49. The zero-order valence-electron chi connectivity index (χ0n) is 13.4. The summed E-state index contributed by atoms with van der Waals surface area (Å²) in [7, 11) is 1.35. The molecule has 1 heterocycles. The molecule has 0 saturated carbocycles. The first-order valence-electron chi connectivity index (χ1n) is 6.97. The molecule has 5 nitrogen and oxygen atoms in total. The maximum absolute atomic E-state index is 12.5. The van der Waals surface area contributed by atoms with E-state index in [-0.39, 0.29) is 12.5 Å². The van der Waals surface area contributed by atoms with Crippen molar-refractivity contribution >= 4 is 33.7 Å². The van der Waals surface area contributed by atoms with E-state index >= 15 is 0 Å². The highest BCUT2D eigenvalue weighted by Crippen LogP contribution is 2.43. The highest BCUT2D eigenvalue weighted by atomic mass is 79.9. The first kappa shape index (κ1) is 16.8. The minimum atomic E-state index is -0.901. The number of methoxy groups -OCH3 is 1. The zero-order valence-corrected chi connectivity index (χ0v) is 15.0. The Balaban J connectivity index is 2.46. The van der Waals surface area contributed by atoms with Crippen molar-refractivity contribution in [1.29, 1.82) is 0 Å². The Hall–Kier alpha value is -1.56. The molecule has 0 spiro atoms. The zero-order chi connectivity index (χ0) is 16.7. The van der Waals surface area contributed by atoms with Gasteiger partial charge in [0.2, 0.25) is 0 Å². The third-order valence-electron chi connectivity index (χ3n) is 3.57. The maximum Gasteiger partial charge on any atom is 0.414 e. The lowest BCUT2D eigenvalue weighted by molar-refractivity contribution is -0.146. The molecule has 1 unspecified atom stereocenters. The predicted molar refractivity (Wildman–Crippen MR) is 87.1 cm³/mol. The average molecular weight is 370 g/mol. The van der Waals surface area contributed by atoms with Crippen LogP contribution in [0, 0.1) is 0 Å². The van der Waals surface area contributed by atoms with Crippen LogP contribution in [0.1, 0.15) is 33.3 Å². The molecule has 1 aliphatic heterocycles. The van der Waals surface area contributed by atoms with Crippen molar-refractivity contribution in [3.8, 4) is 0 Å². The molecule has 1 aliphatic rings. The van der Waals surface area contributed by atoms with Gasteiger partial charge in [0, 0.05) is 11.0 Å². The Labute approximate surface area is 138 Å². The molecule has 0 saturated heterocycles. The highest BCUT2D eigenvalue weighted by Gasteiger charge is 2.48. The number of carbonyl (C=O) groups is 2. The van der Waals surface area contributed by atoms with E-state index in [4.69, 9.17) is 9.47 Å². The Kier molecular flexibility index (Phi) is 4.26. The normalized spacial score (nSPS) is 20.5. The summed E-state index contributed by atoms with van der Waals surface area (Å²) >= 11 is 3.40. The molecule has 2 rings (SSSR count). The molecular weight excluding hydrogens is 350 g/mol. The number of carbonyl (C=O) groups excluding carboxylic acids is 2. The van der Waals surface area contributed by atoms with Crippen LogP contribution in [0.4, 0.5) is 10.5 Å². The fraction of sp³-hybridized carbons (Fsp3) is 0.500. The number of anilines is 1. The van der Waals surface area contributed by atoms with Crippen molar-refractivity contribution in [3.63, 3.8) is 0 Å². The number of esters is 1. The third-order valence-corrected chi connectivity index (χ3v) is 4.06. The monoisotopic (exact) mass is 369 g/mol. The van der Waals surface area contributed by atoms with Gasteiger partial charge in [-0.2, -0.15) is 0 Å². The van der Waals surface area contributed by atoms with Crippen LogP contribution in [-0.2, 0) is 19.7 Å². The second-order valence-corrected chi connectivity index (χ2v) is 7.47. The molecule has 1 amide bonds. The van der Waals surface area contributed by atoms with Crippen LogP contribution in [0.25, 0.3) is 0 Å². The van der Waals surface area contributed by atoms with Crippen LogP contribution in [-0.4, -0.2) is 31.3 Å². The maximum atomic E-state index is 12.5. The van der Waals surface area contributed by atoms with Crippen molar-refractivity contribution in [2.45, 2.75) is 38.7 Å². The summed E-state index contributed by atoms with van der Waals surface area (Å²) in [5.74, 6) is -0.373. The second kappa shape index (κ2) is 5.57. The lowest BCUT2D eigenvalue weighted by Crippen LogP contribution is -2.42. The molecule has 0 bridgehead atoms. The first-order valence-corrected chi connectivity index (χ1v) is 7.77. The van der Waals surface area contributed by atoms with Gasteiger partial charge < -0.3 is 9.47 Å².